The number of nitrogens with one attached hydrogen (secondary N) is 1. The lowest BCUT2D eigenvalue weighted by molar-refractivity contribution is -0.165. The van der Waals surface area contributed by atoms with Crippen LogP contribution in [0.15, 0.2) is 24.5 Å². The lowest BCUT2D eigenvalue weighted by Crippen LogP contribution is -2.55. The van der Waals surface area contributed by atoms with E-state index in [-0.39, 0.29) is 30.5 Å². The molecule has 1 saturated heterocycles. The molecular weight excluding hydrogens is 270 g/mol. The molecule has 2 atom stereocenters. The predicted octanol–water partition coefficient (Wildman–Crippen LogP) is 0.649. The molecule has 0 spiro atoms. The van der Waals surface area contributed by atoms with E-state index < -0.39 is 6.10 Å². The topological polar surface area (TPSA) is 71.5 Å². The summed E-state index contributed by atoms with van der Waals surface area (Å²) in [6.07, 6.45) is 4.69. The maximum atomic E-state index is 12.3. The average molecular weight is 289 g/mol. The van der Waals surface area contributed by atoms with Crippen molar-refractivity contribution in [3.05, 3.63) is 30.1 Å². The Labute approximate surface area is 123 Å². The third-order valence-corrected chi connectivity index (χ3v) is 3.84. The summed E-state index contributed by atoms with van der Waals surface area (Å²) in [5.74, 6) is -0.226. The van der Waals surface area contributed by atoms with Crippen molar-refractivity contribution >= 4 is 11.8 Å². The Morgan fingerprint density at radius 1 is 1.52 bits per heavy atom. The summed E-state index contributed by atoms with van der Waals surface area (Å²) in [6.45, 7) is 2.37. The highest BCUT2D eigenvalue weighted by Gasteiger charge is 2.47. The van der Waals surface area contributed by atoms with E-state index in [0.717, 1.165) is 18.4 Å². The molecule has 21 heavy (non-hydrogen) atoms. The minimum absolute atomic E-state index is 0.0327. The van der Waals surface area contributed by atoms with Gasteiger partial charge >= 0.3 is 0 Å². The number of likely N-dealkylation sites (N-methyl/N-ethyl adjacent to an activating group) is 1. The fourth-order valence-electron chi connectivity index (χ4n) is 2.79. The molecule has 0 unspecified atom stereocenters. The second kappa shape index (κ2) is 5.81. The molecule has 6 heteroatoms. The number of carbonyl (C=O) groups is 2. The summed E-state index contributed by atoms with van der Waals surface area (Å²) in [5, 5.41) is 2.79. The largest absolute Gasteiger partial charge is 0.356 e. The van der Waals surface area contributed by atoms with Crippen LogP contribution in [0.3, 0.4) is 0 Å². The molecule has 0 radical (unpaired) electrons. The summed E-state index contributed by atoms with van der Waals surface area (Å²) in [4.78, 5) is 30.5. The van der Waals surface area contributed by atoms with E-state index in [1.807, 2.05) is 24.0 Å². The highest BCUT2D eigenvalue weighted by molar-refractivity contribution is 5.86. The second-order valence-corrected chi connectivity index (χ2v) is 5.39. The van der Waals surface area contributed by atoms with Crippen molar-refractivity contribution in [3.63, 3.8) is 0 Å². The van der Waals surface area contributed by atoms with Crippen molar-refractivity contribution in [1.82, 2.24) is 15.2 Å². The van der Waals surface area contributed by atoms with Crippen molar-refractivity contribution in [2.45, 2.75) is 38.0 Å². The molecule has 1 N–H and O–H groups in total. The van der Waals surface area contributed by atoms with Crippen LogP contribution in [0.2, 0.25) is 0 Å². The normalized spacial score (nSPS) is 25.8. The average Bonchev–Trinajstić information content (AvgIpc) is 3.32. The highest BCUT2D eigenvalue weighted by atomic mass is 16.5. The van der Waals surface area contributed by atoms with E-state index in [9.17, 15) is 9.59 Å². The van der Waals surface area contributed by atoms with Crippen molar-refractivity contribution in [1.29, 1.82) is 0 Å². The summed E-state index contributed by atoms with van der Waals surface area (Å²) < 4.78 is 5.55. The van der Waals surface area contributed by atoms with Gasteiger partial charge in [-0.05, 0) is 31.4 Å². The molecular formula is C15H19N3O3. The van der Waals surface area contributed by atoms with E-state index >= 15 is 0 Å². The molecule has 6 nitrogen and oxygen atoms in total. The molecule has 1 aromatic heterocycles. The molecule has 112 valence electrons. The quantitative estimate of drug-likeness (QED) is 0.883. The lowest BCUT2D eigenvalue weighted by Gasteiger charge is -2.40. The molecule has 2 heterocycles. The van der Waals surface area contributed by atoms with Gasteiger partial charge in [0.15, 0.2) is 6.10 Å². The minimum atomic E-state index is -0.674. The first kappa shape index (κ1) is 14.0. The van der Waals surface area contributed by atoms with Crippen molar-refractivity contribution < 1.29 is 14.3 Å². The number of morpholine rings is 1. The summed E-state index contributed by atoms with van der Waals surface area (Å²) >= 11 is 0. The maximum Gasteiger partial charge on any atom is 0.251 e. The van der Waals surface area contributed by atoms with Crippen molar-refractivity contribution in [3.8, 4) is 0 Å². The SMILES string of the molecule is CCNC(=O)[C@H]1OCC(=O)N(C2CC2)[C@@H]1c1cccnc1. The molecule has 1 aromatic rings. The van der Waals surface area contributed by atoms with E-state index in [2.05, 4.69) is 10.3 Å². The van der Waals surface area contributed by atoms with Gasteiger partial charge < -0.3 is 15.0 Å². The fraction of sp³-hybridized carbons (Fsp3) is 0.533. The summed E-state index contributed by atoms with van der Waals surface area (Å²) in [6, 6.07) is 3.54. The van der Waals surface area contributed by atoms with E-state index in [0.29, 0.717) is 6.54 Å². The van der Waals surface area contributed by atoms with Gasteiger partial charge in [-0.2, -0.15) is 0 Å². The van der Waals surface area contributed by atoms with Gasteiger partial charge in [0.2, 0.25) is 5.91 Å². The molecule has 1 saturated carbocycles. The number of aromatic nitrogens is 1. The molecule has 0 bridgehead atoms. The number of carbonyl (C=O) groups excluding carboxylic acids is 2. The van der Waals surface area contributed by atoms with Crippen LogP contribution in [0, 0.1) is 0 Å². The fourth-order valence-corrected chi connectivity index (χ4v) is 2.79. The number of hydrogen-bond donors (Lipinski definition) is 1. The predicted molar refractivity (Wildman–Crippen MR) is 75.3 cm³/mol. The molecule has 3 rings (SSSR count). The number of amides is 2. The Morgan fingerprint density at radius 3 is 2.95 bits per heavy atom. The van der Waals surface area contributed by atoms with Crippen LogP contribution in [-0.4, -0.2) is 47.0 Å². The molecule has 1 aliphatic heterocycles. The van der Waals surface area contributed by atoms with E-state index in [1.54, 1.807) is 12.4 Å². The number of rotatable bonds is 4. The first-order valence-electron chi connectivity index (χ1n) is 7.32. The Kier molecular flexibility index (Phi) is 3.88. The van der Waals surface area contributed by atoms with Gasteiger partial charge in [0, 0.05) is 25.0 Å². The highest BCUT2D eigenvalue weighted by Crippen LogP contribution is 2.39. The third kappa shape index (κ3) is 2.76. The molecule has 0 aromatic carbocycles. The van der Waals surface area contributed by atoms with Gasteiger partial charge in [-0.25, -0.2) is 0 Å². The lowest BCUT2D eigenvalue weighted by atomic mass is 9.98. The smallest absolute Gasteiger partial charge is 0.251 e. The minimum Gasteiger partial charge on any atom is -0.356 e. The Morgan fingerprint density at radius 2 is 2.33 bits per heavy atom. The first-order chi connectivity index (χ1) is 10.2. The van der Waals surface area contributed by atoms with Crippen LogP contribution in [0.5, 0.6) is 0 Å². The van der Waals surface area contributed by atoms with Crippen LogP contribution in [0.25, 0.3) is 0 Å². The molecule has 2 amide bonds. The summed E-state index contributed by atoms with van der Waals surface area (Å²) in [5.41, 5.74) is 0.841. The number of hydrogen-bond acceptors (Lipinski definition) is 4. The van der Waals surface area contributed by atoms with Crippen LogP contribution >= 0.6 is 0 Å². The van der Waals surface area contributed by atoms with Gasteiger partial charge in [0.1, 0.15) is 6.61 Å². The first-order valence-corrected chi connectivity index (χ1v) is 7.32. The van der Waals surface area contributed by atoms with E-state index in [1.165, 1.54) is 0 Å². The van der Waals surface area contributed by atoms with Crippen LogP contribution in [-0.2, 0) is 14.3 Å². The second-order valence-electron chi connectivity index (χ2n) is 5.39. The zero-order valence-corrected chi connectivity index (χ0v) is 12.0. The van der Waals surface area contributed by atoms with Gasteiger partial charge in [-0.15, -0.1) is 0 Å². The number of nitrogens with zero attached hydrogens (tertiary/aromatic N) is 2. The number of pyridine rings is 1. The Balaban J connectivity index is 1.95. The van der Waals surface area contributed by atoms with Crippen LogP contribution < -0.4 is 5.32 Å². The third-order valence-electron chi connectivity index (χ3n) is 3.84. The monoisotopic (exact) mass is 289 g/mol. The molecule has 1 aliphatic carbocycles. The zero-order valence-electron chi connectivity index (χ0n) is 12.0. The van der Waals surface area contributed by atoms with Crippen molar-refractivity contribution in [2.24, 2.45) is 0 Å². The van der Waals surface area contributed by atoms with Gasteiger partial charge in [-0.3, -0.25) is 14.6 Å². The Hall–Kier alpha value is -1.95. The Bertz CT molecular complexity index is 530. The van der Waals surface area contributed by atoms with Crippen LogP contribution in [0.4, 0.5) is 0 Å². The zero-order chi connectivity index (χ0) is 14.8. The molecule has 2 aliphatic rings. The van der Waals surface area contributed by atoms with Gasteiger partial charge in [-0.1, -0.05) is 6.07 Å². The summed E-state index contributed by atoms with van der Waals surface area (Å²) in [7, 11) is 0. The van der Waals surface area contributed by atoms with Crippen molar-refractivity contribution in [2.75, 3.05) is 13.2 Å². The van der Waals surface area contributed by atoms with Gasteiger partial charge in [0.05, 0.1) is 6.04 Å². The van der Waals surface area contributed by atoms with Crippen LogP contribution in [0.1, 0.15) is 31.4 Å². The number of ether oxygens (including phenoxy) is 1. The standard InChI is InChI=1S/C15H19N3O3/c1-2-17-15(20)14-13(10-4-3-7-16-8-10)18(11-5-6-11)12(19)9-21-14/h3-4,7-8,11,13-14H,2,5-6,9H2,1H3,(H,17,20)/t13-,14+/m1/s1. The van der Waals surface area contributed by atoms with Gasteiger partial charge in [0.25, 0.3) is 5.91 Å². The maximum absolute atomic E-state index is 12.3. The van der Waals surface area contributed by atoms with E-state index in [4.69, 9.17) is 4.74 Å². The molecule has 2 fully saturated rings.